The molecule has 0 amide bonds. The number of anilines is 3. The molecule has 2 N–H and O–H groups in total. The third-order valence-corrected chi connectivity index (χ3v) is 2.78. The number of nitrogens with one attached hydrogen (secondary N) is 2. The van der Waals surface area contributed by atoms with Crippen molar-refractivity contribution >= 4 is 17.5 Å². The first-order valence-electron chi connectivity index (χ1n) is 6.69. The molecule has 5 nitrogen and oxygen atoms in total. The van der Waals surface area contributed by atoms with Crippen LogP contribution < -0.4 is 10.6 Å². The lowest BCUT2D eigenvalue weighted by molar-refractivity contribution is 0.624. The smallest absolute Gasteiger partial charge is 0.224 e. The predicted molar refractivity (Wildman–Crippen MR) is 79.9 cm³/mol. The van der Waals surface area contributed by atoms with Gasteiger partial charge in [-0.15, -0.1) is 0 Å². The van der Waals surface area contributed by atoms with Gasteiger partial charge in [0.25, 0.3) is 0 Å². The number of hydrogen-bond donors (Lipinski definition) is 2. The van der Waals surface area contributed by atoms with Gasteiger partial charge in [-0.3, -0.25) is 0 Å². The largest absolute Gasteiger partial charge is 0.354 e. The number of aryl methyl sites for hydroxylation is 1. The molecular formula is C15H16FN5. The summed E-state index contributed by atoms with van der Waals surface area (Å²) in [5, 5.41) is 15.1. The van der Waals surface area contributed by atoms with Crippen molar-refractivity contribution in [2.75, 3.05) is 17.2 Å². The molecule has 1 aromatic heterocycles. The van der Waals surface area contributed by atoms with Crippen molar-refractivity contribution in [2.45, 2.75) is 20.3 Å². The highest BCUT2D eigenvalue weighted by Gasteiger charge is 2.09. The van der Waals surface area contributed by atoms with Crippen molar-refractivity contribution in [3.05, 3.63) is 41.3 Å². The Morgan fingerprint density at radius 2 is 2.14 bits per heavy atom. The summed E-state index contributed by atoms with van der Waals surface area (Å²) < 4.78 is 13.6. The molecule has 1 heterocycles. The molecule has 0 atom stereocenters. The van der Waals surface area contributed by atoms with Crippen molar-refractivity contribution in [1.82, 2.24) is 9.97 Å². The van der Waals surface area contributed by atoms with E-state index in [4.69, 9.17) is 5.26 Å². The van der Waals surface area contributed by atoms with Gasteiger partial charge in [0.2, 0.25) is 5.95 Å². The van der Waals surface area contributed by atoms with E-state index in [-0.39, 0.29) is 5.56 Å². The van der Waals surface area contributed by atoms with E-state index in [1.165, 1.54) is 6.07 Å². The van der Waals surface area contributed by atoms with Crippen LogP contribution in [0.1, 0.15) is 24.6 Å². The van der Waals surface area contributed by atoms with Gasteiger partial charge in [0.1, 0.15) is 23.3 Å². The Balaban J connectivity index is 2.30. The number of hydrogen-bond acceptors (Lipinski definition) is 5. The second-order valence-corrected chi connectivity index (χ2v) is 4.54. The van der Waals surface area contributed by atoms with Gasteiger partial charge in [-0.2, -0.15) is 10.2 Å². The first-order valence-corrected chi connectivity index (χ1v) is 6.69. The summed E-state index contributed by atoms with van der Waals surface area (Å²) in [6.45, 7) is 4.67. The van der Waals surface area contributed by atoms with Crippen LogP contribution in [0, 0.1) is 24.1 Å². The SMILES string of the molecule is CCCNc1nc(C)cc(Nc2cccc(F)c2C#N)n1. The normalized spacial score (nSPS) is 10.0. The van der Waals surface area contributed by atoms with Gasteiger partial charge in [-0.25, -0.2) is 9.37 Å². The lowest BCUT2D eigenvalue weighted by Gasteiger charge is -2.10. The maximum atomic E-state index is 13.6. The van der Waals surface area contributed by atoms with Gasteiger partial charge in [0, 0.05) is 18.3 Å². The molecule has 0 radical (unpaired) electrons. The molecule has 0 fully saturated rings. The molecule has 0 aliphatic heterocycles. The Morgan fingerprint density at radius 1 is 1.33 bits per heavy atom. The number of rotatable bonds is 5. The molecule has 2 rings (SSSR count). The van der Waals surface area contributed by atoms with Crippen LogP contribution in [0.15, 0.2) is 24.3 Å². The average molecular weight is 285 g/mol. The molecule has 0 bridgehead atoms. The van der Waals surface area contributed by atoms with Gasteiger partial charge in [0.15, 0.2) is 0 Å². The standard InChI is InChI=1S/C15H16FN5/c1-3-7-18-15-19-10(2)8-14(21-15)20-13-6-4-5-12(16)11(13)9-17/h4-6,8H,3,7H2,1-2H3,(H2,18,19,20,21). The van der Waals surface area contributed by atoms with E-state index in [9.17, 15) is 4.39 Å². The minimum absolute atomic E-state index is 0.0307. The Morgan fingerprint density at radius 3 is 2.86 bits per heavy atom. The maximum absolute atomic E-state index is 13.6. The molecule has 0 saturated heterocycles. The Bertz CT molecular complexity index is 678. The Hall–Kier alpha value is -2.68. The molecule has 2 aromatic rings. The summed E-state index contributed by atoms with van der Waals surface area (Å²) in [6.07, 6.45) is 0.961. The second kappa shape index (κ2) is 6.66. The van der Waals surface area contributed by atoms with Gasteiger partial charge < -0.3 is 10.6 Å². The average Bonchev–Trinajstić information content (AvgIpc) is 2.45. The van der Waals surface area contributed by atoms with Crippen LogP contribution in [-0.4, -0.2) is 16.5 Å². The summed E-state index contributed by atoms with van der Waals surface area (Å²) >= 11 is 0. The van der Waals surface area contributed by atoms with Crippen molar-refractivity contribution < 1.29 is 4.39 Å². The lowest BCUT2D eigenvalue weighted by Crippen LogP contribution is -2.07. The van der Waals surface area contributed by atoms with Crippen LogP contribution in [0.5, 0.6) is 0 Å². The zero-order valence-corrected chi connectivity index (χ0v) is 11.9. The van der Waals surface area contributed by atoms with Gasteiger partial charge in [-0.05, 0) is 25.5 Å². The van der Waals surface area contributed by atoms with E-state index >= 15 is 0 Å². The molecule has 0 aliphatic rings. The number of aromatic nitrogens is 2. The molecule has 0 aliphatic carbocycles. The van der Waals surface area contributed by atoms with Crippen LogP contribution in [0.4, 0.5) is 21.8 Å². The van der Waals surface area contributed by atoms with E-state index < -0.39 is 5.82 Å². The van der Waals surface area contributed by atoms with E-state index in [2.05, 4.69) is 20.6 Å². The lowest BCUT2D eigenvalue weighted by atomic mass is 10.2. The van der Waals surface area contributed by atoms with Crippen LogP contribution in [0.3, 0.4) is 0 Å². The minimum atomic E-state index is -0.558. The van der Waals surface area contributed by atoms with Crippen molar-refractivity contribution in [3.63, 3.8) is 0 Å². The van der Waals surface area contributed by atoms with Crippen molar-refractivity contribution in [1.29, 1.82) is 5.26 Å². The quantitative estimate of drug-likeness (QED) is 0.881. The second-order valence-electron chi connectivity index (χ2n) is 4.54. The molecule has 1 aromatic carbocycles. The third kappa shape index (κ3) is 3.66. The molecule has 108 valence electrons. The highest BCUT2D eigenvalue weighted by Crippen LogP contribution is 2.22. The summed E-state index contributed by atoms with van der Waals surface area (Å²) in [5.74, 6) is 0.468. The third-order valence-electron chi connectivity index (χ3n) is 2.78. The van der Waals surface area contributed by atoms with Crippen molar-refractivity contribution in [2.24, 2.45) is 0 Å². The zero-order chi connectivity index (χ0) is 15.2. The van der Waals surface area contributed by atoms with Crippen LogP contribution in [0.25, 0.3) is 0 Å². The summed E-state index contributed by atoms with van der Waals surface area (Å²) in [5.41, 5.74) is 1.13. The number of benzene rings is 1. The topological polar surface area (TPSA) is 73.6 Å². The highest BCUT2D eigenvalue weighted by molar-refractivity contribution is 5.65. The zero-order valence-electron chi connectivity index (χ0n) is 11.9. The fraction of sp³-hybridized carbons (Fsp3) is 0.267. The van der Waals surface area contributed by atoms with E-state index in [0.29, 0.717) is 17.5 Å². The van der Waals surface area contributed by atoms with Gasteiger partial charge in [0.05, 0.1) is 5.69 Å². The molecule has 0 unspecified atom stereocenters. The monoisotopic (exact) mass is 285 g/mol. The first-order chi connectivity index (χ1) is 10.1. The molecule has 21 heavy (non-hydrogen) atoms. The highest BCUT2D eigenvalue weighted by atomic mass is 19.1. The molecule has 0 saturated carbocycles. The Labute approximate surface area is 122 Å². The van der Waals surface area contributed by atoms with Crippen LogP contribution in [0.2, 0.25) is 0 Å². The van der Waals surface area contributed by atoms with E-state index in [1.807, 2.05) is 19.9 Å². The molecule has 6 heteroatoms. The maximum Gasteiger partial charge on any atom is 0.224 e. The predicted octanol–water partition coefficient (Wildman–Crippen LogP) is 3.36. The van der Waals surface area contributed by atoms with Crippen molar-refractivity contribution in [3.8, 4) is 6.07 Å². The molecule has 0 spiro atoms. The summed E-state index contributed by atoms with van der Waals surface area (Å²) in [7, 11) is 0. The fourth-order valence-corrected chi connectivity index (χ4v) is 1.83. The Kier molecular flexibility index (Phi) is 4.67. The fourth-order valence-electron chi connectivity index (χ4n) is 1.83. The first kappa shape index (κ1) is 14.7. The van der Waals surface area contributed by atoms with Gasteiger partial charge in [-0.1, -0.05) is 13.0 Å². The summed E-state index contributed by atoms with van der Waals surface area (Å²) in [6, 6.07) is 8.03. The van der Waals surface area contributed by atoms with E-state index in [0.717, 1.165) is 18.7 Å². The number of nitrogens with zero attached hydrogens (tertiary/aromatic N) is 3. The number of nitriles is 1. The summed E-state index contributed by atoms with van der Waals surface area (Å²) in [4.78, 5) is 8.58. The van der Waals surface area contributed by atoms with Crippen LogP contribution >= 0.6 is 0 Å². The van der Waals surface area contributed by atoms with E-state index in [1.54, 1.807) is 18.2 Å². The number of halogens is 1. The van der Waals surface area contributed by atoms with Gasteiger partial charge >= 0.3 is 0 Å². The van der Waals surface area contributed by atoms with Crippen LogP contribution in [-0.2, 0) is 0 Å². The minimum Gasteiger partial charge on any atom is -0.354 e. The molecular weight excluding hydrogens is 269 g/mol.